The lowest BCUT2D eigenvalue weighted by Gasteiger charge is -2.03. The summed E-state index contributed by atoms with van der Waals surface area (Å²) in [6.07, 6.45) is 6.50. The van der Waals surface area contributed by atoms with E-state index >= 15 is 0 Å². The van der Waals surface area contributed by atoms with Gasteiger partial charge in [-0.3, -0.25) is 4.98 Å². The van der Waals surface area contributed by atoms with E-state index < -0.39 is 0 Å². The molecular weight excluding hydrogens is 264 g/mol. The third kappa shape index (κ3) is 2.35. The van der Waals surface area contributed by atoms with Crippen molar-refractivity contribution in [2.75, 3.05) is 0 Å². The van der Waals surface area contributed by atoms with Crippen molar-refractivity contribution < 1.29 is 0 Å². The minimum Gasteiger partial charge on any atom is -0.309 e. The fourth-order valence-electron chi connectivity index (χ4n) is 2.48. The van der Waals surface area contributed by atoms with E-state index in [-0.39, 0.29) is 0 Å². The van der Waals surface area contributed by atoms with E-state index in [1.807, 2.05) is 23.7 Å². The Morgan fingerprint density at radius 3 is 3.00 bits per heavy atom. The largest absolute Gasteiger partial charge is 0.309 e. The van der Waals surface area contributed by atoms with Gasteiger partial charge in [0.15, 0.2) is 0 Å². The number of benzene rings is 1. The minimum absolute atomic E-state index is 0.766. The van der Waals surface area contributed by atoms with Gasteiger partial charge in [-0.1, -0.05) is 18.2 Å². The van der Waals surface area contributed by atoms with Gasteiger partial charge in [-0.2, -0.15) is 0 Å². The molecule has 100 valence electrons. The Morgan fingerprint density at radius 1 is 1.15 bits per heavy atom. The van der Waals surface area contributed by atoms with Crippen molar-refractivity contribution in [1.82, 2.24) is 10.3 Å². The van der Waals surface area contributed by atoms with Crippen molar-refractivity contribution >= 4 is 22.1 Å². The van der Waals surface area contributed by atoms with E-state index in [0.29, 0.717) is 0 Å². The van der Waals surface area contributed by atoms with Crippen LogP contribution in [-0.2, 0) is 6.54 Å². The van der Waals surface area contributed by atoms with E-state index in [4.69, 9.17) is 0 Å². The van der Waals surface area contributed by atoms with Crippen LogP contribution in [0.3, 0.4) is 0 Å². The number of fused-ring (bicyclic) bond motifs is 1. The minimum atomic E-state index is 0.766. The fraction of sp³-hybridized carbons (Fsp3) is 0.235. The number of rotatable bonds is 4. The van der Waals surface area contributed by atoms with Gasteiger partial charge in [0, 0.05) is 45.7 Å². The lowest BCUT2D eigenvalue weighted by molar-refractivity contribution is 0.695. The summed E-state index contributed by atoms with van der Waals surface area (Å²) in [5.41, 5.74) is 1.29. The van der Waals surface area contributed by atoms with Crippen molar-refractivity contribution in [3.8, 4) is 10.4 Å². The van der Waals surface area contributed by atoms with Crippen molar-refractivity contribution in [3.05, 3.63) is 53.7 Å². The zero-order valence-corrected chi connectivity index (χ0v) is 12.0. The monoisotopic (exact) mass is 280 g/mol. The maximum Gasteiger partial charge on any atom is 0.0352 e. The third-order valence-corrected chi connectivity index (χ3v) is 4.87. The summed E-state index contributed by atoms with van der Waals surface area (Å²) in [6, 6.07) is 13.8. The summed E-state index contributed by atoms with van der Waals surface area (Å²) < 4.78 is 0. The smallest absolute Gasteiger partial charge is 0.0352 e. The fourth-order valence-corrected chi connectivity index (χ4v) is 3.48. The molecular formula is C17H16N2S. The first-order chi connectivity index (χ1) is 9.90. The molecule has 0 atom stereocenters. The molecule has 2 heterocycles. The van der Waals surface area contributed by atoms with Crippen LogP contribution in [0.25, 0.3) is 21.2 Å². The SMILES string of the molecule is c1cc(-c2ccc(CNC3CC3)s2)c2cnccc2c1. The normalized spacial score (nSPS) is 14.8. The second-order valence-corrected chi connectivity index (χ2v) is 6.49. The first kappa shape index (κ1) is 12.1. The topological polar surface area (TPSA) is 24.9 Å². The average molecular weight is 280 g/mol. The van der Waals surface area contributed by atoms with E-state index in [1.54, 1.807) is 0 Å². The first-order valence-electron chi connectivity index (χ1n) is 7.05. The van der Waals surface area contributed by atoms with E-state index in [2.05, 4.69) is 46.7 Å². The van der Waals surface area contributed by atoms with Crippen LogP contribution in [0.15, 0.2) is 48.8 Å². The van der Waals surface area contributed by atoms with Crippen molar-refractivity contribution in [1.29, 1.82) is 0 Å². The van der Waals surface area contributed by atoms with Gasteiger partial charge < -0.3 is 5.32 Å². The average Bonchev–Trinajstić information content (AvgIpc) is 3.21. The molecule has 0 amide bonds. The number of nitrogens with one attached hydrogen (secondary N) is 1. The van der Waals surface area contributed by atoms with Crippen molar-refractivity contribution in [2.24, 2.45) is 0 Å². The Balaban J connectivity index is 1.67. The van der Waals surface area contributed by atoms with E-state index in [1.165, 1.54) is 38.9 Å². The van der Waals surface area contributed by atoms with Gasteiger partial charge in [-0.15, -0.1) is 11.3 Å². The van der Waals surface area contributed by atoms with Crippen LogP contribution in [0.5, 0.6) is 0 Å². The van der Waals surface area contributed by atoms with Crippen molar-refractivity contribution in [3.63, 3.8) is 0 Å². The molecule has 0 radical (unpaired) electrons. The Bertz CT molecular complexity index is 738. The van der Waals surface area contributed by atoms with E-state index in [9.17, 15) is 0 Å². The molecule has 1 saturated carbocycles. The molecule has 1 N–H and O–H groups in total. The summed E-state index contributed by atoms with van der Waals surface area (Å²) in [6.45, 7) is 0.998. The highest BCUT2D eigenvalue weighted by Crippen LogP contribution is 2.33. The number of nitrogens with zero attached hydrogens (tertiary/aromatic N) is 1. The number of hydrogen-bond donors (Lipinski definition) is 1. The van der Waals surface area contributed by atoms with Crippen LogP contribution in [0.1, 0.15) is 17.7 Å². The van der Waals surface area contributed by atoms with Crippen molar-refractivity contribution in [2.45, 2.75) is 25.4 Å². The molecule has 2 aromatic heterocycles. The second-order valence-electron chi connectivity index (χ2n) is 5.32. The van der Waals surface area contributed by atoms with Crippen LogP contribution >= 0.6 is 11.3 Å². The van der Waals surface area contributed by atoms with Crippen LogP contribution in [0, 0.1) is 0 Å². The Hall–Kier alpha value is -1.71. The zero-order chi connectivity index (χ0) is 13.4. The molecule has 0 aliphatic heterocycles. The van der Waals surface area contributed by atoms with Crippen LogP contribution in [0.2, 0.25) is 0 Å². The molecule has 0 unspecified atom stereocenters. The maximum absolute atomic E-state index is 4.27. The number of hydrogen-bond acceptors (Lipinski definition) is 3. The molecule has 3 heteroatoms. The van der Waals surface area contributed by atoms with Gasteiger partial charge >= 0.3 is 0 Å². The molecule has 20 heavy (non-hydrogen) atoms. The molecule has 2 nitrogen and oxygen atoms in total. The van der Waals surface area contributed by atoms with Crippen LogP contribution in [0.4, 0.5) is 0 Å². The highest BCUT2D eigenvalue weighted by atomic mass is 32.1. The molecule has 1 aromatic carbocycles. The number of pyridine rings is 1. The summed E-state index contributed by atoms with van der Waals surface area (Å²) in [5, 5.41) is 6.06. The molecule has 1 aliphatic rings. The maximum atomic E-state index is 4.27. The van der Waals surface area contributed by atoms with Crippen LogP contribution in [-0.4, -0.2) is 11.0 Å². The Labute approximate surface area is 122 Å². The predicted molar refractivity (Wildman–Crippen MR) is 84.9 cm³/mol. The molecule has 0 saturated heterocycles. The van der Waals surface area contributed by atoms with E-state index in [0.717, 1.165) is 12.6 Å². The molecule has 4 rings (SSSR count). The summed E-state index contributed by atoms with van der Waals surface area (Å²) in [4.78, 5) is 7.01. The summed E-state index contributed by atoms with van der Waals surface area (Å²) in [7, 11) is 0. The van der Waals surface area contributed by atoms with Gasteiger partial charge in [0.25, 0.3) is 0 Å². The summed E-state index contributed by atoms with van der Waals surface area (Å²) >= 11 is 1.88. The standard InChI is InChI=1S/C17H16N2S/c1-2-12-8-9-18-11-16(12)15(3-1)17-7-6-14(20-17)10-19-13-4-5-13/h1-3,6-9,11,13,19H,4-5,10H2. The molecule has 1 fully saturated rings. The highest BCUT2D eigenvalue weighted by molar-refractivity contribution is 7.15. The lowest BCUT2D eigenvalue weighted by Crippen LogP contribution is -2.14. The predicted octanol–water partition coefficient (Wildman–Crippen LogP) is 4.22. The first-order valence-corrected chi connectivity index (χ1v) is 7.87. The van der Waals surface area contributed by atoms with Crippen LogP contribution < -0.4 is 5.32 Å². The molecule has 0 bridgehead atoms. The summed E-state index contributed by atoms with van der Waals surface area (Å²) in [5.74, 6) is 0. The molecule has 1 aliphatic carbocycles. The second kappa shape index (κ2) is 5.00. The quantitative estimate of drug-likeness (QED) is 0.774. The third-order valence-electron chi connectivity index (χ3n) is 3.75. The van der Waals surface area contributed by atoms with Gasteiger partial charge in [-0.05, 0) is 36.4 Å². The van der Waals surface area contributed by atoms with Gasteiger partial charge in [0.2, 0.25) is 0 Å². The Morgan fingerprint density at radius 2 is 2.10 bits per heavy atom. The molecule has 3 aromatic rings. The number of aromatic nitrogens is 1. The number of thiophene rings is 1. The Kier molecular flexibility index (Phi) is 3.02. The molecule has 0 spiro atoms. The zero-order valence-electron chi connectivity index (χ0n) is 11.2. The lowest BCUT2D eigenvalue weighted by atomic mass is 10.1. The highest BCUT2D eigenvalue weighted by Gasteiger charge is 2.20. The van der Waals surface area contributed by atoms with Gasteiger partial charge in [0.05, 0.1) is 0 Å². The van der Waals surface area contributed by atoms with Gasteiger partial charge in [-0.25, -0.2) is 0 Å². The van der Waals surface area contributed by atoms with Gasteiger partial charge in [0.1, 0.15) is 0 Å².